The van der Waals surface area contributed by atoms with Gasteiger partial charge in [-0.05, 0) is 18.8 Å². The average Bonchev–Trinajstić information content (AvgIpc) is 2.56. The van der Waals surface area contributed by atoms with Crippen molar-refractivity contribution in [2.75, 3.05) is 19.7 Å². The van der Waals surface area contributed by atoms with Crippen LogP contribution in [-0.2, 0) is 4.79 Å². The van der Waals surface area contributed by atoms with E-state index < -0.39 is 0 Å². The summed E-state index contributed by atoms with van der Waals surface area (Å²) in [5.41, 5.74) is 0. The monoisotopic (exact) mass is 185 g/mol. The summed E-state index contributed by atoms with van der Waals surface area (Å²) >= 11 is 0. The molecule has 1 aliphatic heterocycles. The molecular formula is C10H19NO2. The third-order valence-electron chi connectivity index (χ3n) is 2.74. The van der Waals surface area contributed by atoms with Gasteiger partial charge in [0.15, 0.2) is 0 Å². The van der Waals surface area contributed by atoms with E-state index in [0.717, 1.165) is 25.9 Å². The third kappa shape index (κ3) is 2.44. The van der Waals surface area contributed by atoms with Gasteiger partial charge in [0.1, 0.15) is 0 Å². The molecular weight excluding hydrogens is 166 g/mol. The molecule has 1 rings (SSSR count). The van der Waals surface area contributed by atoms with Gasteiger partial charge in [0, 0.05) is 13.1 Å². The SMILES string of the molecule is CC(C)C(CO)C(=O)N1CCCC1. The van der Waals surface area contributed by atoms with Crippen LogP contribution in [0.25, 0.3) is 0 Å². The van der Waals surface area contributed by atoms with Crippen molar-refractivity contribution >= 4 is 5.91 Å². The zero-order valence-corrected chi connectivity index (χ0v) is 8.49. The Morgan fingerprint density at radius 1 is 1.38 bits per heavy atom. The van der Waals surface area contributed by atoms with Crippen molar-refractivity contribution in [1.82, 2.24) is 4.90 Å². The van der Waals surface area contributed by atoms with Crippen molar-refractivity contribution < 1.29 is 9.90 Å². The van der Waals surface area contributed by atoms with E-state index in [0.29, 0.717) is 0 Å². The Morgan fingerprint density at radius 3 is 2.31 bits per heavy atom. The molecule has 1 saturated heterocycles. The van der Waals surface area contributed by atoms with Gasteiger partial charge in [0.2, 0.25) is 5.91 Å². The standard InChI is InChI=1S/C10H19NO2/c1-8(2)9(7-12)10(13)11-5-3-4-6-11/h8-9,12H,3-7H2,1-2H3. The van der Waals surface area contributed by atoms with Crippen molar-refractivity contribution in [1.29, 1.82) is 0 Å². The molecule has 3 nitrogen and oxygen atoms in total. The van der Waals surface area contributed by atoms with Crippen LogP contribution in [-0.4, -0.2) is 35.6 Å². The van der Waals surface area contributed by atoms with E-state index in [9.17, 15) is 4.79 Å². The number of aliphatic hydroxyl groups is 1. The minimum absolute atomic E-state index is 0.0208. The highest BCUT2D eigenvalue weighted by Gasteiger charge is 2.27. The van der Waals surface area contributed by atoms with Crippen LogP contribution in [0.4, 0.5) is 0 Å². The van der Waals surface area contributed by atoms with E-state index >= 15 is 0 Å². The second kappa shape index (κ2) is 4.61. The van der Waals surface area contributed by atoms with E-state index in [2.05, 4.69) is 0 Å². The van der Waals surface area contributed by atoms with Gasteiger partial charge in [0.05, 0.1) is 12.5 Å². The second-order valence-electron chi connectivity index (χ2n) is 4.07. The molecule has 1 fully saturated rings. The van der Waals surface area contributed by atoms with Gasteiger partial charge in [-0.15, -0.1) is 0 Å². The summed E-state index contributed by atoms with van der Waals surface area (Å²) in [7, 11) is 0. The molecule has 1 atom stereocenters. The Kier molecular flexibility index (Phi) is 3.72. The van der Waals surface area contributed by atoms with Gasteiger partial charge in [-0.1, -0.05) is 13.8 Å². The van der Waals surface area contributed by atoms with E-state index in [1.807, 2.05) is 18.7 Å². The van der Waals surface area contributed by atoms with E-state index in [1.54, 1.807) is 0 Å². The third-order valence-corrected chi connectivity index (χ3v) is 2.74. The Bertz CT molecular complexity index is 174. The van der Waals surface area contributed by atoms with Gasteiger partial charge < -0.3 is 10.0 Å². The molecule has 1 N–H and O–H groups in total. The Labute approximate surface area is 79.7 Å². The number of rotatable bonds is 3. The van der Waals surface area contributed by atoms with Gasteiger partial charge in [-0.3, -0.25) is 4.79 Å². The van der Waals surface area contributed by atoms with Gasteiger partial charge >= 0.3 is 0 Å². The Hall–Kier alpha value is -0.570. The van der Waals surface area contributed by atoms with Gasteiger partial charge in [-0.25, -0.2) is 0 Å². The van der Waals surface area contributed by atoms with Crippen LogP contribution in [0.5, 0.6) is 0 Å². The van der Waals surface area contributed by atoms with Crippen LogP contribution < -0.4 is 0 Å². The molecule has 0 saturated carbocycles. The minimum atomic E-state index is -0.196. The van der Waals surface area contributed by atoms with Crippen LogP contribution in [0.2, 0.25) is 0 Å². The molecule has 13 heavy (non-hydrogen) atoms. The quantitative estimate of drug-likeness (QED) is 0.709. The molecule has 0 aliphatic carbocycles. The van der Waals surface area contributed by atoms with E-state index in [-0.39, 0.29) is 24.3 Å². The molecule has 1 unspecified atom stereocenters. The number of carbonyl (C=O) groups is 1. The molecule has 1 heterocycles. The maximum Gasteiger partial charge on any atom is 0.228 e. The van der Waals surface area contributed by atoms with Crippen LogP contribution in [0.3, 0.4) is 0 Å². The van der Waals surface area contributed by atoms with E-state index in [4.69, 9.17) is 5.11 Å². The maximum absolute atomic E-state index is 11.8. The molecule has 0 radical (unpaired) electrons. The molecule has 0 spiro atoms. The van der Waals surface area contributed by atoms with Crippen molar-refractivity contribution in [3.05, 3.63) is 0 Å². The molecule has 0 aromatic carbocycles. The number of hydrogen-bond donors (Lipinski definition) is 1. The fraction of sp³-hybridized carbons (Fsp3) is 0.900. The van der Waals surface area contributed by atoms with Crippen LogP contribution in [0.15, 0.2) is 0 Å². The fourth-order valence-electron chi connectivity index (χ4n) is 1.75. The first-order valence-electron chi connectivity index (χ1n) is 5.06. The van der Waals surface area contributed by atoms with Crippen molar-refractivity contribution in [2.24, 2.45) is 11.8 Å². The first-order valence-corrected chi connectivity index (χ1v) is 5.06. The molecule has 1 aliphatic rings. The summed E-state index contributed by atoms with van der Waals surface area (Å²) in [5, 5.41) is 9.08. The predicted molar refractivity (Wildman–Crippen MR) is 51.2 cm³/mol. The van der Waals surface area contributed by atoms with Crippen molar-refractivity contribution in [2.45, 2.75) is 26.7 Å². The molecule has 3 heteroatoms. The lowest BCUT2D eigenvalue weighted by Gasteiger charge is -2.24. The second-order valence-corrected chi connectivity index (χ2v) is 4.07. The summed E-state index contributed by atoms with van der Waals surface area (Å²) in [6, 6.07) is 0. The first kappa shape index (κ1) is 10.5. The average molecular weight is 185 g/mol. The lowest BCUT2D eigenvalue weighted by atomic mass is 9.95. The molecule has 1 amide bonds. The molecule has 0 bridgehead atoms. The Morgan fingerprint density at radius 2 is 1.92 bits per heavy atom. The first-order chi connectivity index (χ1) is 6.16. The fourth-order valence-corrected chi connectivity index (χ4v) is 1.75. The largest absolute Gasteiger partial charge is 0.396 e. The van der Waals surface area contributed by atoms with Crippen LogP contribution >= 0.6 is 0 Å². The number of amides is 1. The topological polar surface area (TPSA) is 40.5 Å². The summed E-state index contributed by atoms with van der Waals surface area (Å²) in [6.45, 7) is 5.70. The highest BCUT2D eigenvalue weighted by Crippen LogP contribution is 2.17. The smallest absolute Gasteiger partial charge is 0.228 e. The highest BCUT2D eigenvalue weighted by atomic mass is 16.3. The number of carbonyl (C=O) groups excluding carboxylic acids is 1. The number of likely N-dealkylation sites (tertiary alicyclic amines) is 1. The van der Waals surface area contributed by atoms with Gasteiger partial charge in [-0.2, -0.15) is 0 Å². The van der Waals surface area contributed by atoms with Crippen molar-refractivity contribution in [3.63, 3.8) is 0 Å². The predicted octanol–water partition coefficient (Wildman–Crippen LogP) is 0.873. The van der Waals surface area contributed by atoms with Crippen LogP contribution in [0.1, 0.15) is 26.7 Å². The minimum Gasteiger partial charge on any atom is -0.396 e. The van der Waals surface area contributed by atoms with Crippen LogP contribution in [0, 0.1) is 11.8 Å². The summed E-state index contributed by atoms with van der Waals surface area (Å²) in [4.78, 5) is 13.7. The maximum atomic E-state index is 11.8. The number of nitrogens with zero attached hydrogens (tertiary/aromatic N) is 1. The zero-order valence-electron chi connectivity index (χ0n) is 8.49. The number of aliphatic hydroxyl groups excluding tert-OH is 1. The van der Waals surface area contributed by atoms with Crippen molar-refractivity contribution in [3.8, 4) is 0 Å². The summed E-state index contributed by atoms with van der Waals surface area (Å²) in [5.74, 6) is 0.172. The lowest BCUT2D eigenvalue weighted by Crippen LogP contribution is -2.37. The zero-order chi connectivity index (χ0) is 9.84. The Balaban J connectivity index is 2.52. The summed E-state index contributed by atoms with van der Waals surface area (Å²) in [6.07, 6.45) is 2.23. The molecule has 0 aromatic rings. The lowest BCUT2D eigenvalue weighted by molar-refractivity contribution is -0.137. The van der Waals surface area contributed by atoms with E-state index in [1.165, 1.54) is 0 Å². The van der Waals surface area contributed by atoms with Gasteiger partial charge in [0.25, 0.3) is 0 Å². The summed E-state index contributed by atoms with van der Waals surface area (Å²) < 4.78 is 0. The molecule has 0 aromatic heterocycles. The molecule has 76 valence electrons. The number of hydrogen-bond acceptors (Lipinski definition) is 2. The normalized spacial score (nSPS) is 19.5. The highest BCUT2D eigenvalue weighted by molar-refractivity contribution is 5.79.